The van der Waals surface area contributed by atoms with Crippen LogP contribution in [0.25, 0.3) is 0 Å². The molecule has 4 unspecified atom stereocenters. The minimum atomic E-state index is 0.519. The molecule has 0 bridgehead atoms. The Morgan fingerprint density at radius 1 is 0.645 bits per heavy atom. The van der Waals surface area contributed by atoms with Crippen molar-refractivity contribution in [2.45, 2.75) is 127 Å². The minimum absolute atomic E-state index is 0.519. The van der Waals surface area contributed by atoms with Crippen LogP contribution in [0.15, 0.2) is 0 Å². The van der Waals surface area contributed by atoms with Crippen LogP contribution in [0.1, 0.15) is 127 Å². The third kappa shape index (κ3) is 2.72. The van der Waals surface area contributed by atoms with E-state index in [0.717, 1.165) is 41.4 Å². The number of rotatable bonds is 1. The zero-order chi connectivity index (χ0) is 22.6. The average molecular weight is 427 g/mol. The lowest BCUT2D eigenvalue weighted by molar-refractivity contribution is -0.242. The predicted octanol–water partition coefficient (Wildman–Crippen LogP) is 9.38. The smallest absolute Gasteiger partial charge is 0.0235 e. The van der Waals surface area contributed by atoms with Crippen molar-refractivity contribution in [2.24, 2.45) is 68.5 Å². The highest BCUT2D eigenvalue weighted by Gasteiger charge is 2.70. The normalized spacial score (nSPS) is 58.3. The van der Waals surface area contributed by atoms with Crippen molar-refractivity contribution >= 4 is 0 Å². The van der Waals surface area contributed by atoms with Crippen LogP contribution >= 0.6 is 0 Å². The number of fused-ring (bicyclic) bond motifs is 7. The van der Waals surface area contributed by atoms with Gasteiger partial charge >= 0.3 is 0 Å². The lowest BCUT2D eigenvalue weighted by Gasteiger charge is -2.73. The van der Waals surface area contributed by atoms with Gasteiger partial charge in [-0.25, -0.2) is 0 Å². The van der Waals surface area contributed by atoms with E-state index >= 15 is 0 Å². The van der Waals surface area contributed by atoms with Crippen LogP contribution in [0.2, 0.25) is 0 Å². The SMILES string of the molecule is CC(C)C1CC[C@]2(C)CC[C@]3(C)[C@H](CC[C@@H]4[C@@]5(C)CCC(C)C(C)(C)C5CC[C@]43C)C12. The fraction of sp³-hybridized carbons (Fsp3) is 1.00. The van der Waals surface area contributed by atoms with Crippen LogP contribution in [0, 0.1) is 68.5 Å². The molecule has 178 valence electrons. The Hall–Kier alpha value is 0. The second kappa shape index (κ2) is 6.78. The summed E-state index contributed by atoms with van der Waals surface area (Å²) in [6, 6.07) is 0. The summed E-state index contributed by atoms with van der Waals surface area (Å²) in [5.74, 6) is 6.61. The molecule has 0 saturated heterocycles. The predicted molar refractivity (Wildman–Crippen MR) is 134 cm³/mol. The quantitative estimate of drug-likeness (QED) is 0.391. The summed E-state index contributed by atoms with van der Waals surface area (Å²) in [4.78, 5) is 0. The third-order valence-electron chi connectivity index (χ3n) is 14.3. The van der Waals surface area contributed by atoms with Crippen molar-refractivity contribution in [3.05, 3.63) is 0 Å². The van der Waals surface area contributed by atoms with Crippen molar-refractivity contribution in [1.82, 2.24) is 0 Å². The second-order valence-electron chi connectivity index (χ2n) is 15.6. The topological polar surface area (TPSA) is 0 Å². The first-order valence-electron chi connectivity index (χ1n) is 14.3. The van der Waals surface area contributed by atoms with E-state index in [1.54, 1.807) is 6.42 Å². The highest BCUT2D eigenvalue weighted by molar-refractivity contribution is 5.18. The maximum absolute atomic E-state index is 2.82. The van der Waals surface area contributed by atoms with Crippen LogP contribution in [0.3, 0.4) is 0 Å². The van der Waals surface area contributed by atoms with Crippen molar-refractivity contribution in [3.8, 4) is 0 Å². The molecule has 0 N–H and O–H groups in total. The zero-order valence-corrected chi connectivity index (χ0v) is 22.6. The molecule has 5 saturated carbocycles. The standard InChI is InChI=1S/C31H54/c1-20(2)22-13-15-28(6)18-19-30(8)23(26(22)28)10-11-25-29(7)16-12-21(3)27(4,5)24(29)14-17-31(25,30)9/h20-26H,10-19H2,1-9H3/t21?,22?,23-,24?,25-,26?,28-,29+,30-,31-/m1/s1. The fourth-order valence-corrected chi connectivity index (χ4v) is 11.9. The molecule has 10 atom stereocenters. The molecule has 5 aliphatic rings. The molecule has 0 aromatic carbocycles. The van der Waals surface area contributed by atoms with Gasteiger partial charge in [0.1, 0.15) is 0 Å². The van der Waals surface area contributed by atoms with Crippen LogP contribution in [-0.4, -0.2) is 0 Å². The summed E-state index contributed by atoms with van der Waals surface area (Å²) < 4.78 is 0. The molecule has 5 aliphatic carbocycles. The molecular formula is C31H54. The van der Waals surface area contributed by atoms with Gasteiger partial charge in [-0.05, 0) is 133 Å². The first kappa shape index (κ1) is 22.8. The Morgan fingerprint density at radius 3 is 2.03 bits per heavy atom. The Morgan fingerprint density at radius 2 is 1.35 bits per heavy atom. The van der Waals surface area contributed by atoms with Crippen molar-refractivity contribution < 1.29 is 0 Å². The Kier molecular flexibility index (Phi) is 4.98. The summed E-state index contributed by atoms with van der Waals surface area (Å²) in [5.41, 5.74) is 2.87. The van der Waals surface area contributed by atoms with Crippen molar-refractivity contribution in [2.75, 3.05) is 0 Å². The van der Waals surface area contributed by atoms with E-state index in [9.17, 15) is 0 Å². The lowest BCUT2D eigenvalue weighted by Crippen LogP contribution is -2.66. The summed E-state index contributed by atoms with van der Waals surface area (Å²) in [7, 11) is 0. The maximum Gasteiger partial charge on any atom is -0.0235 e. The number of hydrogen-bond donors (Lipinski definition) is 0. The molecule has 0 radical (unpaired) electrons. The first-order valence-corrected chi connectivity index (χ1v) is 14.3. The number of hydrogen-bond acceptors (Lipinski definition) is 0. The zero-order valence-electron chi connectivity index (χ0n) is 22.6. The van der Waals surface area contributed by atoms with Crippen LogP contribution in [0.4, 0.5) is 0 Å². The molecule has 31 heavy (non-hydrogen) atoms. The molecule has 0 aromatic rings. The van der Waals surface area contributed by atoms with Gasteiger partial charge in [0.25, 0.3) is 0 Å². The monoisotopic (exact) mass is 426 g/mol. The highest BCUT2D eigenvalue weighted by Crippen LogP contribution is 2.77. The molecular weight excluding hydrogens is 372 g/mol. The van der Waals surface area contributed by atoms with Gasteiger partial charge in [-0.3, -0.25) is 0 Å². The molecule has 0 aromatic heterocycles. The summed E-state index contributed by atoms with van der Waals surface area (Å²) in [6.45, 7) is 24.0. The maximum atomic E-state index is 2.82. The Balaban J connectivity index is 1.54. The molecule has 0 amide bonds. The highest BCUT2D eigenvalue weighted by atomic mass is 14.7. The largest absolute Gasteiger partial charge is 0.0625 e. The molecule has 0 nitrogen and oxygen atoms in total. The molecule has 0 aliphatic heterocycles. The van der Waals surface area contributed by atoms with Gasteiger partial charge in [-0.1, -0.05) is 62.3 Å². The second-order valence-corrected chi connectivity index (χ2v) is 15.6. The molecule has 0 heterocycles. The van der Waals surface area contributed by atoms with Crippen molar-refractivity contribution in [3.63, 3.8) is 0 Å². The van der Waals surface area contributed by atoms with Gasteiger partial charge in [0.15, 0.2) is 0 Å². The van der Waals surface area contributed by atoms with Gasteiger partial charge in [0, 0.05) is 0 Å². The summed E-state index contributed by atoms with van der Waals surface area (Å²) >= 11 is 0. The Bertz CT molecular complexity index is 718. The van der Waals surface area contributed by atoms with E-state index in [4.69, 9.17) is 0 Å². The minimum Gasteiger partial charge on any atom is -0.0625 e. The van der Waals surface area contributed by atoms with Crippen LogP contribution in [0.5, 0.6) is 0 Å². The van der Waals surface area contributed by atoms with Crippen LogP contribution < -0.4 is 0 Å². The van der Waals surface area contributed by atoms with E-state index in [1.165, 1.54) is 57.8 Å². The van der Waals surface area contributed by atoms with E-state index in [0.29, 0.717) is 27.1 Å². The van der Waals surface area contributed by atoms with E-state index in [-0.39, 0.29) is 0 Å². The van der Waals surface area contributed by atoms with Crippen LogP contribution in [-0.2, 0) is 0 Å². The molecule has 0 heteroatoms. The van der Waals surface area contributed by atoms with Gasteiger partial charge in [0.05, 0.1) is 0 Å². The van der Waals surface area contributed by atoms with E-state index in [1.807, 2.05) is 0 Å². The lowest BCUT2D eigenvalue weighted by atomic mass is 9.32. The van der Waals surface area contributed by atoms with Gasteiger partial charge in [0.2, 0.25) is 0 Å². The van der Waals surface area contributed by atoms with Crippen molar-refractivity contribution in [1.29, 1.82) is 0 Å². The Labute approximate surface area is 195 Å². The van der Waals surface area contributed by atoms with Gasteiger partial charge in [-0.2, -0.15) is 0 Å². The van der Waals surface area contributed by atoms with E-state index in [2.05, 4.69) is 62.3 Å². The van der Waals surface area contributed by atoms with Gasteiger partial charge < -0.3 is 0 Å². The summed E-state index contributed by atoms with van der Waals surface area (Å²) in [6.07, 6.45) is 15.1. The molecule has 5 rings (SSSR count). The third-order valence-corrected chi connectivity index (χ3v) is 14.3. The average Bonchev–Trinajstić information content (AvgIpc) is 3.04. The van der Waals surface area contributed by atoms with Gasteiger partial charge in [-0.15, -0.1) is 0 Å². The summed E-state index contributed by atoms with van der Waals surface area (Å²) in [5, 5.41) is 0. The first-order chi connectivity index (χ1) is 14.3. The van der Waals surface area contributed by atoms with E-state index < -0.39 is 0 Å². The molecule has 5 fully saturated rings. The fourth-order valence-electron chi connectivity index (χ4n) is 11.9. The molecule has 0 spiro atoms.